The van der Waals surface area contributed by atoms with Crippen molar-refractivity contribution in [1.29, 1.82) is 0 Å². The number of nitrogens with one attached hydrogen (secondary N) is 1. The van der Waals surface area contributed by atoms with Crippen LogP contribution in [0.3, 0.4) is 0 Å². The molecule has 1 aliphatic rings. The first-order valence-electron chi connectivity index (χ1n) is 10.0. The molecule has 1 saturated carbocycles. The van der Waals surface area contributed by atoms with Crippen LogP contribution in [0, 0.1) is 0 Å². The molecule has 3 aromatic rings. The van der Waals surface area contributed by atoms with Crippen molar-refractivity contribution >= 4 is 34.4 Å². The van der Waals surface area contributed by atoms with Gasteiger partial charge in [-0.15, -0.1) is 0 Å². The minimum absolute atomic E-state index is 0.0649. The van der Waals surface area contributed by atoms with E-state index >= 15 is 0 Å². The van der Waals surface area contributed by atoms with Crippen LogP contribution in [-0.2, 0) is 18.9 Å². The maximum Gasteiger partial charge on any atom is 0.332 e. The summed E-state index contributed by atoms with van der Waals surface area (Å²) in [6, 6.07) is 7.11. The molecular formula is C21H23N5O4S. The third kappa shape index (κ3) is 4.34. The molecule has 2 heterocycles. The number of nitrogens with zero attached hydrogens (tertiary/aromatic N) is 4. The summed E-state index contributed by atoms with van der Waals surface area (Å²) < 4.78 is 7.79. The quantitative estimate of drug-likeness (QED) is 0.441. The van der Waals surface area contributed by atoms with Gasteiger partial charge in [-0.25, -0.2) is 14.8 Å². The molecule has 0 saturated heterocycles. The Hall–Kier alpha value is -3.14. The summed E-state index contributed by atoms with van der Waals surface area (Å²) in [6.07, 6.45) is 1.96. The second-order valence-electron chi connectivity index (χ2n) is 7.36. The highest BCUT2D eigenvalue weighted by Crippen LogP contribution is 2.39. The van der Waals surface area contributed by atoms with E-state index in [2.05, 4.69) is 15.3 Å². The van der Waals surface area contributed by atoms with Crippen molar-refractivity contribution in [2.24, 2.45) is 14.1 Å². The van der Waals surface area contributed by atoms with Gasteiger partial charge in [0.2, 0.25) is 5.91 Å². The zero-order valence-electron chi connectivity index (χ0n) is 17.5. The first kappa shape index (κ1) is 21.1. The molecule has 162 valence electrons. The summed E-state index contributed by atoms with van der Waals surface area (Å²) in [5, 5.41) is 3.51. The highest BCUT2D eigenvalue weighted by atomic mass is 32.2. The van der Waals surface area contributed by atoms with Crippen molar-refractivity contribution in [3.63, 3.8) is 0 Å². The molecule has 0 unspecified atom stereocenters. The fourth-order valence-electron chi connectivity index (χ4n) is 3.21. The van der Waals surface area contributed by atoms with Crippen molar-refractivity contribution in [1.82, 2.24) is 19.1 Å². The Balaban J connectivity index is 1.59. The fraction of sp³-hybridized carbons (Fsp3) is 0.381. The van der Waals surface area contributed by atoms with Crippen LogP contribution in [0.15, 0.2) is 38.9 Å². The molecule has 0 bridgehead atoms. The number of hydrogen-bond acceptors (Lipinski definition) is 7. The van der Waals surface area contributed by atoms with E-state index in [-0.39, 0.29) is 23.0 Å². The van der Waals surface area contributed by atoms with Gasteiger partial charge in [0.1, 0.15) is 22.0 Å². The summed E-state index contributed by atoms with van der Waals surface area (Å²) >= 11 is 1.17. The Morgan fingerprint density at radius 3 is 2.52 bits per heavy atom. The molecule has 2 aromatic heterocycles. The lowest BCUT2D eigenvalue weighted by Gasteiger charge is -2.12. The molecule has 0 spiro atoms. The number of anilines is 1. The fourth-order valence-corrected chi connectivity index (χ4v) is 4.03. The molecule has 9 nitrogen and oxygen atoms in total. The molecule has 0 radical (unpaired) electrons. The summed E-state index contributed by atoms with van der Waals surface area (Å²) in [4.78, 5) is 46.7. The number of amides is 1. The molecule has 1 fully saturated rings. The number of carbonyl (C=O) groups excluding carboxylic acids is 1. The number of carbonyl (C=O) groups is 1. The molecule has 4 rings (SSSR count). The van der Waals surface area contributed by atoms with Crippen LogP contribution in [0.25, 0.3) is 11.0 Å². The Kier molecular flexibility index (Phi) is 5.81. The van der Waals surface area contributed by atoms with Crippen molar-refractivity contribution in [2.45, 2.75) is 30.7 Å². The highest BCUT2D eigenvalue weighted by molar-refractivity contribution is 8.00. The van der Waals surface area contributed by atoms with Gasteiger partial charge in [0.25, 0.3) is 5.56 Å². The van der Waals surface area contributed by atoms with Gasteiger partial charge in [-0.3, -0.25) is 18.7 Å². The van der Waals surface area contributed by atoms with Gasteiger partial charge in [0.15, 0.2) is 5.65 Å². The monoisotopic (exact) mass is 441 g/mol. The van der Waals surface area contributed by atoms with Gasteiger partial charge in [-0.1, -0.05) is 11.8 Å². The van der Waals surface area contributed by atoms with Gasteiger partial charge >= 0.3 is 5.69 Å². The molecule has 0 aliphatic heterocycles. The Labute approximate surface area is 182 Å². The van der Waals surface area contributed by atoms with Crippen LogP contribution in [-0.4, -0.2) is 37.4 Å². The number of benzene rings is 1. The van der Waals surface area contributed by atoms with Crippen LogP contribution in [0.1, 0.15) is 31.5 Å². The molecule has 1 amide bonds. The Morgan fingerprint density at radius 1 is 1.16 bits per heavy atom. The Bertz CT molecular complexity index is 1260. The van der Waals surface area contributed by atoms with Gasteiger partial charge in [-0.2, -0.15) is 0 Å². The number of aryl methyl sites for hydroxylation is 1. The van der Waals surface area contributed by atoms with Crippen molar-refractivity contribution < 1.29 is 9.53 Å². The van der Waals surface area contributed by atoms with E-state index in [1.54, 1.807) is 31.3 Å². The van der Waals surface area contributed by atoms with E-state index in [0.717, 1.165) is 23.2 Å². The molecule has 10 heteroatoms. The third-order valence-corrected chi connectivity index (χ3v) is 5.99. The second kappa shape index (κ2) is 8.54. The number of ether oxygens (including phenoxy) is 1. The van der Waals surface area contributed by atoms with Gasteiger partial charge in [0.05, 0.1) is 12.4 Å². The molecule has 1 aromatic carbocycles. The number of fused-ring (bicyclic) bond motifs is 1. The molecule has 1 N–H and O–H groups in total. The summed E-state index contributed by atoms with van der Waals surface area (Å²) in [6.45, 7) is 2.48. The summed E-state index contributed by atoms with van der Waals surface area (Å²) in [5.74, 6) is 1.42. The first-order chi connectivity index (χ1) is 14.9. The molecular weight excluding hydrogens is 418 g/mol. The largest absolute Gasteiger partial charge is 0.494 e. The topological polar surface area (TPSA) is 108 Å². The van der Waals surface area contributed by atoms with Gasteiger partial charge < -0.3 is 10.1 Å². The minimum atomic E-state index is -0.463. The van der Waals surface area contributed by atoms with Gasteiger partial charge in [0, 0.05) is 25.7 Å². The zero-order valence-corrected chi connectivity index (χ0v) is 18.4. The lowest BCUT2D eigenvalue weighted by molar-refractivity contribution is -0.113. The van der Waals surface area contributed by atoms with Crippen molar-refractivity contribution in [2.75, 3.05) is 17.7 Å². The van der Waals surface area contributed by atoms with Crippen LogP contribution < -0.4 is 21.3 Å². The second-order valence-corrected chi connectivity index (χ2v) is 8.32. The smallest absolute Gasteiger partial charge is 0.332 e. The summed E-state index contributed by atoms with van der Waals surface area (Å²) in [5.41, 5.74) is 0.0509. The first-order valence-corrected chi connectivity index (χ1v) is 11.0. The SMILES string of the molecule is CCOc1ccc(NC(=O)CSc2nc(C3CC3)nc3c2c(=O)n(C)c(=O)n3C)cc1. The maximum absolute atomic E-state index is 12.8. The van der Waals surface area contributed by atoms with E-state index < -0.39 is 11.2 Å². The number of aromatic nitrogens is 4. The number of hydrogen-bond donors (Lipinski definition) is 1. The van der Waals surface area contributed by atoms with E-state index in [1.807, 2.05) is 6.92 Å². The number of rotatable bonds is 7. The van der Waals surface area contributed by atoms with Crippen LogP contribution in [0.5, 0.6) is 5.75 Å². The maximum atomic E-state index is 12.8. The predicted octanol–water partition coefficient (Wildman–Crippen LogP) is 2.03. The van der Waals surface area contributed by atoms with Crippen LogP contribution >= 0.6 is 11.8 Å². The molecule has 0 atom stereocenters. The van der Waals surface area contributed by atoms with E-state index in [0.29, 0.717) is 28.8 Å². The standard InChI is InChI=1S/C21H23N5O4S/c1-4-30-14-9-7-13(8-10-14)22-15(27)11-31-19-16-18(23-17(24-19)12-5-6-12)25(2)21(29)26(3)20(16)28/h7-10,12H,4-6,11H2,1-3H3,(H,22,27). The lowest BCUT2D eigenvalue weighted by atomic mass is 10.3. The predicted molar refractivity (Wildman–Crippen MR) is 119 cm³/mol. The zero-order chi connectivity index (χ0) is 22.1. The normalized spacial score (nSPS) is 13.4. The lowest BCUT2D eigenvalue weighted by Crippen LogP contribution is -2.37. The number of thioether (sulfide) groups is 1. The highest BCUT2D eigenvalue weighted by Gasteiger charge is 2.29. The minimum Gasteiger partial charge on any atom is -0.494 e. The van der Waals surface area contributed by atoms with Crippen molar-refractivity contribution in [3.05, 3.63) is 50.9 Å². The van der Waals surface area contributed by atoms with Gasteiger partial charge in [-0.05, 0) is 44.0 Å². The van der Waals surface area contributed by atoms with Crippen LogP contribution in [0.2, 0.25) is 0 Å². The third-order valence-electron chi connectivity index (χ3n) is 5.02. The van der Waals surface area contributed by atoms with Crippen molar-refractivity contribution in [3.8, 4) is 5.75 Å². The molecule has 1 aliphatic carbocycles. The van der Waals surface area contributed by atoms with Crippen LogP contribution in [0.4, 0.5) is 5.69 Å². The van der Waals surface area contributed by atoms with E-state index in [4.69, 9.17) is 4.74 Å². The summed E-state index contributed by atoms with van der Waals surface area (Å²) in [7, 11) is 3.01. The average molecular weight is 442 g/mol. The molecule has 31 heavy (non-hydrogen) atoms. The Morgan fingerprint density at radius 2 is 1.87 bits per heavy atom. The van der Waals surface area contributed by atoms with E-state index in [9.17, 15) is 14.4 Å². The van der Waals surface area contributed by atoms with E-state index in [1.165, 1.54) is 23.4 Å². The average Bonchev–Trinajstić information content (AvgIpc) is 3.61.